The lowest BCUT2D eigenvalue weighted by molar-refractivity contribution is 0.0984. The molecule has 1 aliphatic carbocycles. The average molecular weight is 273 g/mol. The van der Waals surface area contributed by atoms with E-state index < -0.39 is 0 Å². The van der Waals surface area contributed by atoms with E-state index in [1.54, 1.807) is 0 Å². The Morgan fingerprint density at radius 3 is 2.50 bits per heavy atom. The molecule has 0 fully saturated rings. The average Bonchev–Trinajstić information content (AvgIpc) is 2.37. The van der Waals surface area contributed by atoms with E-state index in [-0.39, 0.29) is 5.78 Å². The molecule has 110 valence electrons. The molecule has 1 aromatic rings. The lowest BCUT2D eigenvalue weighted by Gasteiger charge is -2.34. The molecule has 1 aliphatic rings. The zero-order valence-corrected chi connectivity index (χ0v) is 13.8. The summed E-state index contributed by atoms with van der Waals surface area (Å²) in [6.45, 7) is 12.9. The maximum atomic E-state index is 12.4. The minimum Gasteiger partial charge on any atom is -0.294 e. The Bertz CT molecular complexity index is 541. The highest BCUT2D eigenvalue weighted by atomic mass is 16.1. The van der Waals surface area contributed by atoms with Crippen LogP contribution < -0.4 is 0 Å². The molecule has 1 heterocycles. The third-order valence-corrected chi connectivity index (χ3v) is 4.50. The van der Waals surface area contributed by atoms with Crippen molar-refractivity contribution in [3.8, 4) is 0 Å². The number of aromatic nitrogens is 1. The van der Waals surface area contributed by atoms with Gasteiger partial charge in [-0.2, -0.15) is 0 Å². The van der Waals surface area contributed by atoms with E-state index in [0.717, 1.165) is 36.2 Å². The maximum absolute atomic E-state index is 12.4. The molecule has 0 bridgehead atoms. The first-order chi connectivity index (χ1) is 9.26. The summed E-state index contributed by atoms with van der Waals surface area (Å²) >= 11 is 0. The van der Waals surface area contributed by atoms with E-state index in [1.165, 1.54) is 11.1 Å². The largest absolute Gasteiger partial charge is 0.294 e. The number of hydrogen-bond donors (Lipinski definition) is 0. The number of aryl methyl sites for hydroxylation is 1. The summed E-state index contributed by atoms with van der Waals surface area (Å²) in [5, 5.41) is 0. The topological polar surface area (TPSA) is 30.0 Å². The quantitative estimate of drug-likeness (QED) is 0.752. The van der Waals surface area contributed by atoms with Crippen molar-refractivity contribution in [1.29, 1.82) is 0 Å². The lowest BCUT2D eigenvalue weighted by Crippen LogP contribution is -2.26. The molecule has 2 nitrogen and oxygen atoms in total. The van der Waals surface area contributed by atoms with Gasteiger partial charge in [-0.3, -0.25) is 9.78 Å². The SMILES string of the molecule is CCC(=O)c1c(C(C)C)nc(C)c2c1CCC(C)(C)C2. The van der Waals surface area contributed by atoms with Crippen molar-refractivity contribution in [3.05, 3.63) is 28.1 Å². The summed E-state index contributed by atoms with van der Waals surface area (Å²) in [4.78, 5) is 17.2. The van der Waals surface area contributed by atoms with Gasteiger partial charge >= 0.3 is 0 Å². The molecule has 0 saturated heterocycles. The molecular formula is C18H27NO. The summed E-state index contributed by atoms with van der Waals surface area (Å²) in [5.74, 6) is 0.566. The zero-order chi connectivity index (χ0) is 15.1. The fourth-order valence-corrected chi connectivity index (χ4v) is 3.27. The van der Waals surface area contributed by atoms with Crippen molar-refractivity contribution in [2.75, 3.05) is 0 Å². The molecule has 0 amide bonds. The molecule has 0 spiro atoms. The van der Waals surface area contributed by atoms with Gasteiger partial charge in [0.05, 0.1) is 5.69 Å². The second kappa shape index (κ2) is 5.31. The number of Topliss-reactive ketones (excluding diaryl/α,β-unsaturated/α-hetero) is 1. The predicted molar refractivity (Wildman–Crippen MR) is 83.5 cm³/mol. The highest BCUT2D eigenvalue weighted by Gasteiger charge is 2.31. The Balaban J connectivity index is 2.68. The molecule has 1 aromatic heterocycles. The fraction of sp³-hybridized carbons (Fsp3) is 0.667. The van der Waals surface area contributed by atoms with Crippen molar-refractivity contribution in [1.82, 2.24) is 4.98 Å². The van der Waals surface area contributed by atoms with Crippen molar-refractivity contribution in [3.63, 3.8) is 0 Å². The van der Waals surface area contributed by atoms with Crippen LogP contribution in [0.15, 0.2) is 0 Å². The van der Waals surface area contributed by atoms with E-state index in [4.69, 9.17) is 4.98 Å². The van der Waals surface area contributed by atoms with Gasteiger partial charge in [-0.05, 0) is 48.6 Å². The summed E-state index contributed by atoms with van der Waals surface area (Å²) in [7, 11) is 0. The van der Waals surface area contributed by atoms with E-state index in [0.29, 0.717) is 17.8 Å². The first-order valence-corrected chi connectivity index (χ1v) is 7.82. The minimum absolute atomic E-state index is 0.261. The molecule has 0 aromatic carbocycles. The van der Waals surface area contributed by atoms with Gasteiger partial charge < -0.3 is 0 Å². The van der Waals surface area contributed by atoms with Crippen LogP contribution in [0.1, 0.15) is 86.3 Å². The first-order valence-electron chi connectivity index (χ1n) is 7.82. The van der Waals surface area contributed by atoms with Gasteiger partial charge in [-0.15, -0.1) is 0 Å². The van der Waals surface area contributed by atoms with Crippen molar-refractivity contribution in [2.45, 2.75) is 73.1 Å². The highest BCUT2D eigenvalue weighted by Crippen LogP contribution is 2.39. The van der Waals surface area contributed by atoms with Crippen molar-refractivity contribution in [2.24, 2.45) is 5.41 Å². The number of hydrogen-bond acceptors (Lipinski definition) is 2. The molecule has 2 heteroatoms. The van der Waals surface area contributed by atoms with Crippen LogP contribution in [0.2, 0.25) is 0 Å². The number of ketones is 1. The van der Waals surface area contributed by atoms with Crippen LogP contribution in [0.5, 0.6) is 0 Å². The van der Waals surface area contributed by atoms with Gasteiger partial charge in [0.2, 0.25) is 0 Å². The van der Waals surface area contributed by atoms with E-state index in [1.807, 2.05) is 6.92 Å². The minimum atomic E-state index is 0.261. The highest BCUT2D eigenvalue weighted by molar-refractivity contribution is 5.99. The van der Waals surface area contributed by atoms with E-state index in [9.17, 15) is 4.79 Å². The number of rotatable bonds is 3. The van der Waals surface area contributed by atoms with Gasteiger partial charge in [0, 0.05) is 17.7 Å². The molecule has 0 unspecified atom stereocenters. The van der Waals surface area contributed by atoms with Gasteiger partial charge in [0.15, 0.2) is 5.78 Å². The monoisotopic (exact) mass is 273 g/mol. The second-order valence-corrected chi connectivity index (χ2v) is 7.19. The van der Waals surface area contributed by atoms with Gasteiger partial charge in [-0.25, -0.2) is 0 Å². The first kappa shape index (κ1) is 15.2. The summed E-state index contributed by atoms with van der Waals surface area (Å²) < 4.78 is 0. The Labute approximate surface area is 123 Å². The maximum Gasteiger partial charge on any atom is 0.164 e. The molecular weight excluding hydrogens is 246 g/mol. The van der Waals surface area contributed by atoms with Gasteiger partial charge in [-0.1, -0.05) is 34.6 Å². The second-order valence-electron chi connectivity index (χ2n) is 7.19. The van der Waals surface area contributed by atoms with Crippen molar-refractivity contribution >= 4 is 5.78 Å². The van der Waals surface area contributed by atoms with Crippen LogP contribution >= 0.6 is 0 Å². The van der Waals surface area contributed by atoms with Crippen LogP contribution in [-0.2, 0) is 12.8 Å². The van der Waals surface area contributed by atoms with Crippen LogP contribution in [0, 0.1) is 12.3 Å². The summed E-state index contributed by atoms with van der Waals surface area (Å²) in [5.41, 5.74) is 6.04. The number of carbonyl (C=O) groups is 1. The van der Waals surface area contributed by atoms with Crippen molar-refractivity contribution < 1.29 is 4.79 Å². The standard InChI is InChI=1S/C18H27NO/c1-7-15(20)16-13-8-9-18(5,6)10-14(13)12(4)19-17(16)11(2)3/h11H,7-10H2,1-6H3. The normalized spacial score (nSPS) is 17.1. The summed E-state index contributed by atoms with van der Waals surface area (Å²) in [6.07, 6.45) is 3.79. The third kappa shape index (κ3) is 2.65. The summed E-state index contributed by atoms with van der Waals surface area (Å²) in [6, 6.07) is 0. The molecule has 0 radical (unpaired) electrons. The lowest BCUT2D eigenvalue weighted by atomic mass is 9.72. The van der Waals surface area contributed by atoms with Crippen LogP contribution in [0.3, 0.4) is 0 Å². The predicted octanol–water partition coefficient (Wildman–Crippen LogP) is 4.62. The molecule has 0 aliphatic heterocycles. The van der Waals surface area contributed by atoms with E-state index in [2.05, 4.69) is 34.6 Å². The smallest absolute Gasteiger partial charge is 0.164 e. The Kier molecular flexibility index (Phi) is 4.04. The van der Waals surface area contributed by atoms with Gasteiger partial charge in [0.25, 0.3) is 0 Å². The molecule has 0 atom stereocenters. The van der Waals surface area contributed by atoms with E-state index >= 15 is 0 Å². The number of fused-ring (bicyclic) bond motifs is 1. The fourth-order valence-electron chi connectivity index (χ4n) is 3.27. The number of pyridine rings is 1. The van der Waals surface area contributed by atoms with Crippen LogP contribution in [0.25, 0.3) is 0 Å². The number of carbonyl (C=O) groups excluding carboxylic acids is 1. The third-order valence-electron chi connectivity index (χ3n) is 4.50. The molecule has 2 rings (SSSR count). The number of nitrogens with zero attached hydrogens (tertiary/aromatic N) is 1. The Hall–Kier alpha value is -1.18. The molecule has 20 heavy (non-hydrogen) atoms. The van der Waals surface area contributed by atoms with Crippen LogP contribution in [-0.4, -0.2) is 10.8 Å². The van der Waals surface area contributed by atoms with Crippen LogP contribution in [0.4, 0.5) is 0 Å². The molecule has 0 saturated carbocycles. The zero-order valence-electron chi connectivity index (χ0n) is 13.8. The van der Waals surface area contributed by atoms with Gasteiger partial charge in [0.1, 0.15) is 0 Å². The molecule has 0 N–H and O–H groups in total. The Morgan fingerprint density at radius 1 is 1.30 bits per heavy atom. The Morgan fingerprint density at radius 2 is 1.95 bits per heavy atom.